The monoisotopic (exact) mass is 688 g/mol. The zero-order chi connectivity index (χ0) is 35.9. The Morgan fingerprint density at radius 2 is 1.14 bits per heavy atom. The van der Waals surface area contributed by atoms with Crippen molar-refractivity contribution >= 4 is 35.8 Å². The first-order chi connectivity index (χ1) is 23.7. The first-order valence-electron chi connectivity index (χ1n) is 16.9. The molecule has 2 aromatic carbocycles. The molecule has 6 amide bonds. The standard InChI is InChI=1S/C23H23N3O4.C13H21N3O4/c1-25-12-21(27)24-20-11-26(10-18(20)22(25)28)23(29)30-13-19-16-8-4-2-6-14(16)15-7-3-5-9-17(15)19;1-13(2,3)20-12(19)16-5-8-9(6-16)14-10(17)7-15(4)11(8)18/h2-9,18-20H,10-13H2,1H3,(H,24,27);8-9H,5-7H2,1-4H3,(H,14,17)/t18-,20+;8-,9+/m00/s1. The molecule has 14 nitrogen and oxygen atoms in total. The SMILES string of the molecule is CN1CC(=O)N[C@@H]2CN(C(=O)OC(C)(C)C)C[C@@H]2C1=O.CN1CC(=O)N[C@@H]2CN(C(=O)OCC3c4ccccc4-c4ccccc43)C[C@@H]2C1=O. The van der Waals surface area contributed by atoms with E-state index in [1.807, 2.05) is 24.3 Å². The lowest BCUT2D eigenvalue weighted by Gasteiger charge is -2.24. The van der Waals surface area contributed by atoms with Crippen LogP contribution in [0.15, 0.2) is 48.5 Å². The highest BCUT2D eigenvalue weighted by Crippen LogP contribution is 2.44. The van der Waals surface area contributed by atoms with Gasteiger partial charge in [0.05, 0.1) is 37.0 Å². The molecule has 4 atom stereocenters. The molecule has 0 radical (unpaired) electrons. The number of benzene rings is 2. The minimum absolute atomic E-state index is 0.0121. The molecule has 4 aliphatic heterocycles. The van der Waals surface area contributed by atoms with E-state index in [2.05, 4.69) is 34.9 Å². The van der Waals surface area contributed by atoms with Crippen molar-refractivity contribution in [2.45, 2.75) is 44.4 Å². The molecule has 4 heterocycles. The lowest BCUT2D eigenvalue weighted by atomic mass is 9.98. The molecular weight excluding hydrogens is 644 g/mol. The number of carbonyl (C=O) groups excluding carboxylic acids is 6. The molecule has 14 heteroatoms. The van der Waals surface area contributed by atoms with E-state index in [1.54, 1.807) is 34.9 Å². The summed E-state index contributed by atoms with van der Waals surface area (Å²) >= 11 is 0. The highest BCUT2D eigenvalue weighted by Gasteiger charge is 2.46. The van der Waals surface area contributed by atoms with Crippen LogP contribution in [-0.4, -0.2) is 133 Å². The Bertz CT molecular complexity index is 1660. The smallest absolute Gasteiger partial charge is 0.410 e. The predicted molar refractivity (Wildman–Crippen MR) is 181 cm³/mol. The number of hydrogen-bond acceptors (Lipinski definition) is 8. The average Bonchev–Trinajstić information content (AvgIpc) is 3.73. The molecule has 4 fully saturated rings. The number of likely N-dealkylation sites (tertiary alicyclic amines) is 2. The fraction of sp³-hybridized carbons (Fsp3) is 0.500. The van der Waals surface area contributed by atoms with Gasteiger partial charge in [0, 0.05) is 46.2 Å². The summed E-state index contributed by atoms with van der Waals surface area (Å²) in [6.07, 6.45) is -0.898. The fourth-order valence-corrected chi connectivity index (χ4v) is 7.37. The second-order valence-corrected chi connectivity index (χ2v) is 14.5. The van der Waals surface area contributed by atoms with E-state index in [0.29, 0.717) is 6.54 Å². The van der Waals surface area contributed by atoms with E-state index in [0.717, 1.165) is 11.1 Å². The Morgan fingerprint density at radius 1 is 0.700 bits per heavy atom. The summed E-state index contributed by atoms with van der Waals surface area (Å²) in [5, 5.41) is 5.66. The third-order valence-electron chi connectivity index (χ3n) is 9.73. The topological polar surface area (TPSA) is 158 Å². The molecule has 0 bridgehead atoms. The van der Waals surface area contributed by atoms with Gasteiger partial charge in [-0.1, -0.05) is 48.5 Å². The third-order valence-corrected chi connectivity index (χ3v) is 9.73. The highest BCUT2D eigenvalue weighted by atomic mass is 16.6. The zero-order valence-corrected chi connectivity index (χ0v) is 29.0. The van der Waals surface area contributed by atoms with Gasteiger partial charge in [-0.05, 0) is 43.0 Å². The number of ether oxygens (including phenoxy) is 2. The molecule has 0 unspecified atom stereocenters. The van der Waals surface area contributed by atoms with Crippen molar-refractivity contribution in [3.8, 4) is 11.1 Å². The second-order valence-electron chi connectivity index (χ2n) is 14.5. The normalized spacial score (nSPS) is 24.5. The number of hydrogen-bond donors (Lipinski definition) is 2. The van der Waals surface area contributed by atoms with Crippen LogP contribution in [0, 0.1) is 11.8 Å². The minimum Gasteiger partial charge on any atom is -0.448 e. The Kier molecular flexibility index (Phi) is 9.47. The molecule has 50 heavy (non-hydrogen) atoms. The van der Waals surface area contributed by atoms with Gasteiger partial charge >= 0.3 is 12.2 Å². The molecule has 266 valence electrons. The number of fused-ring (bicyclic) bond motifs is 5. The number of carbonyl (C=O) groups is 6. The van der Waals surface area contributed by atoms with Gasteiger partial charge in [0.2, 0.25) is 23.6 Å². The first-order valence-corrected chi connectivity index (χ1v) is 16.9. The molecule has 5 aliphatic rings. The van der Waals surface area contributed by atoms with Gasteiger partial charge in [0.1, 0.15) is 12.2 Å². The minimum atomic E-state index is -0.578. The van der Waals surface area contributed by atoms with Crippen LogP contribution in [-0.2, 0) is 28.7 Å². The summed E-state index contributed by atoms with van der Waals surface area (Å²) in [6, 6.07) is 15.7. The predicted octanol–water partition coefficient (Wildman–Crippen LogP) is 1.63. The van der Waals surface area contributed by atoms with Crippen LogP contribution in [0.3, 0.4) is 0 Å². The maximum Gasteiger partial charge on any atom is 0.410 e. The van der Waals surface area contributed by atoms with E-state index in [-0.39, 0.29) is 86.9 Å². The third kappa shape index (κ3) is 7.10. The van der Waals surface area contributed by atoms with E-state index in [9.17, 15) is 28.8 Å². The molecule has 0 spiro atoms. The molecule has 0 saturated carbocycles. The Labute approximate surface area is 291 Å². The van der Waals surface area contributed by atoms with Crippen molar-refractivity contribution in [1.29, 1.82) is 0 Å². The van der Waals surface area contributed by atoms with Gasteiger partial charge in [-0.15, -0.1) is 0 Å². The number of nitrogens with zero attached hydrogens (tertiary/aromatic N) is 4. The first kappa shape index (κ1) is 34.7. The fourth-order valence-electron chi connectivity index (χ4n) is 7.37. The van der Waals surface area contributed by atoms with Gasteiger partial charge in [0.25, 0.3) is 0 Å². The van der Waals surface area contributed by atoms with Crippen LogP contribution < -0.4 is 10.6 Å². The van der Waals surface area contributed by atoms with Crippen LogP contribution in [0.5, 0.6) is 0 Å². The number of amides is 6. The Hall–Kier alpha value is -5.14. The Morgan fingerprint density at radius 3 is 1.60 bits per heavy atom. The maximum atomic E-state index is 12.8. The van der Waals surface area contributed by atoms with Crippen molar-refractivity contribution in [2.24, 2.45) is 11.8 Å². The molecular formula is C36H44N6O8. The molecule has 4 saturated heterocycles. The largest absolute Gasteiger partial charge is 0.448 e. The maximum absolute atomic E-state index is 12.8. The van der Waals surface area contributed by atoms with E-state index >= 15 is 0 Å². The molecule has 2 aromatic rings. The molecule has 2 N–H and O–H groups in total. The summed E-state index contributed by atoms with van der Waals surface area (Å²) < 4.78 is 11.0. The van der Waals surface area contributed by atoms with Crippen molar-refractivity contribution < 1.29 is 38.2 Å². The molecule has 0 aromatic heterocycles. The Balaban J connectivity index is 0.000000189. The summed E-state index contributed by atoms with van der Waals surface area (Å²) in [5.41, 5.74) is 4.08. The summed E-state index contributed by atoms with van der Waals surface area (Å²) in [6.45, 7) is 6.86. The van der Waals surface area contributed by atoms with E-state index in [1.165, 1.54) is 30.7 Å². The number of nitrogens with one attached hydrogen (secondary N) is 2. The van der Waals surface area contributed by atoms with E-state index < -0.39 is 23.7 Å². The average molecular weight is 689 g/mol. The number of likely N-dealkylation sites (N-methyl/N-ethyl adjacent to an activating group) is 2. The van der Waals surface area contributed by atoms with Crippen molar-refractivity contribution in [1.82, 2.24) is 30.2 Å². The lowest BCUT2D eigenvalue weighted by Crippen LogP contribution is -2.41. The second kappa shape index (κ2) is 13.6. The summed E-state index contributed by atoms with van der Waals surface area (Å²) in [5.74, 6) is -1.46. The van der Waals surface area contributed by atoms with Gasteiger partial charge in [-0.2, -0.15) is 0 Å². The van der Waals surface area contributed by atoms with Crippen LogP contribution in [0.1, 0.15) is 37.8 Å². The van der Waals surface area contributed by atoms with Crippen molar-refractivity contribution in [3.05, 3.63) is 59.7 Å². The van der Waals surface area contributed by atoms with Crippen molar-refractivity contribution in [3.63, 3.8) is 0 Å². The van der Waals surface area contributed by atoms with Gasteiger partial charge in [-0.3, -0.25) is 19.2 Å². The summed E-state index contributed by atoms with van der Waals surface area (Å²) in [4.78, 5) is 79.0. The lowest BCUT2D eigenvalue weighted by molar-refractivity contribution is -0.135. The zero-order valence-electron chi connectivity index (χ0n) is 29.0. The highest BCUT2D eigenvalue weighted by molar-refractivity contribution is 5.91. The quantitative estimate of drug-likeness (QED) is 0.482. The molecule has 1 aliphatic carbocycles. The van der Waals surface area contributed by atoms with Crippen LogP contribution >= 0.6 is 0 Å². The van der Waals surface area contributed by atoms with Gasteiger partial charge in [-0.25, -0.2) is 9.59 Å². The number of rotatable bonds is 2. The van der Waals surface area contributed by atoms with Gasteiger partial charge in [0.15, 0.2) is 0 Å². The van der Waals surface area contributed by atoms with Crippen LogP contribution in [0.4, 0.5) is 9.59 Å². The van der Waals surface area contributed by atoms with Crippen molar-refractivity contribution in [2.75, 3.05) is 60.0 Å². The molecule has 7 rings (SSSR count). The van der Waals surface area contributed by atoms with Crippen LogP contribution in [0.25, 0.3) is 11.1 Å². The van der Waals surface area contributed by atoms with Gasteiger partial charge < -0.3 is 39.7 Å². The van der Waals surface area contributed by atoms with Crippen LogP contribution in [0.2, 0.25) is 0 Å². The van der Waals surface area contributed by atoms with E-state index in [4.69, 9.17) is 9.47 Å². The summed E-state index contributed by atoms with van der Waals surface area (Å²) in [7, 11) is 3.21.